The summed E-state index contributed by atoms with van der Waals surface area (Å²) in [6.07, 6.45) is 1.39. The lowest BCUT2D eigenvalue weighted by Gasteiger charge is -2.03. The maximum atomic E-state index is 9.72. The van der Waals surface area contributed by atoms with Crippen molar-refractivity contribution in [3.8, 4) is 11.5 Å². The summed E-state index contributed by atoms with van der Waals surface area (Å²) in [5.41, 5.74) is 0. The number of aliphatic imine (C=N–C) groups is 1. The number of nitrogens with zero attached hydrogens (tertiary/aromatic N) is 1. The van der Waals surface area contributed by atoms with Crippen LogP contribution in [0.3, 0.4) is 0 Å². The molecule has 4 nitrogen and oxygen atoms in total. The molecule has 0 aliphatic heterocycles. The average Bonchev–Trinajstić information content (AvgIpc) is 2.19. The van der Waals surface area contributed by atoms with E-state index in [4.69, 9.17) is 9.47 Å². The highest BCUT2D eigenvalue weighted by Gasteiger charge is 1.94. The standard InChI is InChI=1S/C9H9NO3/c1-12-8-3-2-4-9(5-8)13-7-10-6-11/h2-5H,7H2,1H3. The second kappa shape index (κ2) is 4.95. The molecule has 13 heavy (non-hydrogen) atoms. The van der Waals surface area contributed by atoms with Crippen molar-refractivity contribution in [2.45, 2.75) is 0 Å². The van der Waals surface area contributed by atoms with Crippen LogP contribution in [0, 0.1) is 0 Å². The topological polar surface area (TPSA) is 47.9 Å². The lowest BCUT2D eigenvalue weighted by molar-refractivity contribution is 0.327. The molecule has 68 valence electrons. The molecule has 0 fully saturated rings. The van der Waals surface area contributed by atoms with E-state index in [0.29, 0.717) is 11.5 Å². The van der Waals surface area contributed by atoms with Crippen molar-refractivity contribution in [3.05, 3.63) is 24.3 Å². The van der Waals surface area contributed by atoms with Gasteiger partial charge >= 0.3 is 0 Å². The van der Waals surface area contributed by atoms with Crippen molar-refractivity contribution in [1.29, 1.82) is 0 Å². The highest BCUT2D eigenvalue weighted by Crippen LogP contribution is 2.18. The number of carbonyl (C=O) groups excluding carboxylic acids is 1. The molecule has 0 amide bonds. The van der Waals surface area contributed by atoms with E-state index in [2.05, 4.69) is 4.99 Å². The highest BCUT2D eigenvalue weighted by atomic mass is 16.5. The summed E-state index contributed by atoms with van der Waals surface area (Å²) in [5.74, 6) is 1.31. The van der Waals surface area contributed by atoms with Crippen molar-refractivity contribution in [3.63, 3.8) is 0 Å². The Labute approximate surface area is 75.8 Å². The van der Waals surface area contributed by atoms with Crippen LogP contribution >= 0.6 is 0 Å². The third kappa shape index (κ3) is 2.97. The first-order valence-electron chi connectivity index (χ1n) is 3.67. The maximum absolute atomic E-state index is 9.72. The third-order valence-electron chi connectivity index (χ3n) is 1.40. The van der Waals surface area contributed by atoms with E-state index in [9.17, 15) is 4.79 Å². The van der Waals surface area contributed by atoms with Crippen LogP contribution in [-0.2, 0) is 4.79 Å². The predicted molar refractivity (Wildman–Crippen MR) is 46.6 cm³/mol. The minimum absolute atomic E-state index is 0.0172. The maximum Gasteiger partial charge on any atom is 0.238 e. The molecule has 0 N–H and O–H groups in total. The fourth-order valence-electron chi connectivity index (χ4n) is 0.824. The predicted octanol–water partition coefficient (Wildman–Crippen LogP) is 1.37. The van der Waals surface area contributed by atoms with Crippen molar-refractivity contribution < 1.29 is 14.3 Å². The lowest BCUT2D eigenvalue weighted by Crippen LogP contribution is -1.93. The fourth-order valence-corrected chi connectivity index (χ4v) is 0.824. The molecule has 1 rings (SSSR count). The van der Waals surface area contributed by atoms with Gasteiger partial charge < -0.3 is 9.47 Å². The molecule has 4 heteroatoms. The summed E-state index contributed by atoms with van der Waals surface area (Å²) < 4.78 is 10.1. The summed E-state index contributed by atoms with van der Waals surface area (Å²) in [4.78, 5) is 13.0. The second-order valence-corrected chi connectivity index (χ2v) is 2.20. The van der Waals surface area contributed by atoms with Crippen LogP contribution in [0.15, 0.2) is 29.3 Å². The van der Waals surface area contributed by atoms with Gasteiger partial charge in [-0.3, -0.25) is 0 Å². The fraction of sp³-hybridized carbons (Fsp3) is 0.222. The molecule has 0 radical (unpaired) electrons. The van der Waals surface area contributed by atoms with E-state index in [1.165, 1.54) is 6.08 Å². The number of hydrogen-bond acceptors (Lipinski definition) is 4. The minimum Gasteiger partial charge on any atom is -0.497 e. The molecule has 1 aromatic rings. The SMILES string of the molecule is COc1cccc(OCN=C=O)c1. The van der Waals surface area contributed by atoms with Crippen molar-refractivity contribution in [2.24, 2.45) is 4.99 Å². The van der Waals surface area contributed by atoms with Gasteiger partial charge in [-0.05, 0) is 12.1 Å². The smallest absolute Gasteiger partial charge is 0.238 e. The van der Waals surface area contributed by atoms with Gasteiger partial charge in [0.25, 0.3) is 0 Å². The lowest BCUT2D eigenvalue weighted by atomic mass is 10.3. The monoisotopic (exact) mass is 179 g/mol. The molecule has 0 saturated heterocycles. The van der Waals surface area contributed by atoms with Crippen molar-refractivity contribution in [1.82, 2.24) is 0 Å². The van der Waals surface area contributed by atoms with Crippen LogP contribution in [0.2, 0.25) is 0 Å². The van der Waals surface area contributed by atoms with Gasteiger partial charge in [0.05, 0.1) is 7.11 Å². The molecule has 0 bridgehead atoms. The summed E-state index contributed by atoms with van der Waals surface area (Å²) >= 11 is 0. The van der Waals surface area contributed by atoms with E-state index in [-0.39, 0.29) is 6.73 Å². The van der Waals surface area contributed by atoms with Gasteiger partial charge in [0.2, 0.25) is 6.08 Å². The molecule has 0 heterocycles. The number of benzene rings is 1. The number of isocyanates is 1. The molecule has 0 aliphatic carbocycles. The van der Waals surface area contributed by atoms with E-state index < -0.39 is 0 Å². The van der Waals surface area contributed by atoms with Gasteiger partial charge in [-0.25, -0.2) is 4.79 Å². The molecule has 0 atom stereocenters. The third-order valence-corrected chi connectivity index (χ3v) is 1.40. The van der Waals surface area contributed by atoms with Gasteiger partial charge in [-0.1, -0.05) is 6.07 Å². The van der Waals surface area contributed by atoms with Crippen LogP contribution in [-0.4, -0.2) is 19.9 Å². The zero-order chi connectivity index (χ0) is 9.52. The van der Waals surface area contributed by atoms with E-state index >= 15 is 0 Å². The first kappa shape index (κ1) is 9.29. The molecule has 0 unspecified atom stereocenters. The molecule has 1 aromatic carbocycles. The van der Waals surface area contributed by atoms with E-state index in [0.717, 1.165) is 0 Å². The first-order chi connectivity index (χ1) is 6.36. The normalized spacial score (nSPS) is 8.69. The Hall–Kier alpha value is -1.80. The van der Waals surface area contributed by atoms with Gasteiger partial charge in [-0.2, -0.15) is 4.99 Å². The Balaban J connectivity index is 2.60. The van der Waals surface area contributed by atoms with Crippen LogP contribution in [0.5, 0.6) is 11.5 Å². The molecular formula is C9H9NO3. The Bertz CT molecular complexity index is 318. The van der Waals surface area contributed by atoms with Crippen LogP contribution < -0.4 is 9.47 Å². The second-order valence-electron chi connectivity index (χ2n) is 2.20. The number of rotatable bonds is 4. The largest absolute Gasteiger partial charge is 0.497 e. The van der Waals surface area contributed by atoms with Crippen LogP contribution in [0.25, 0.3) is 0 Å². The molecule has 0 aliphatic rings. The molecule has 0 aromatic heterocycles. The summed E-state index contributed by atoms with van der Waals surface area (Å²) in [6.45, 7) is -0.0172. The number of methoxy groups -OCH3 is 1. The Morgan fingerprint density at radius 3 is 2.92 bits per heavy atom. The van der Waals surface area contributed by atoms with Crippen molar-refractivity contribution in [2.75, 3.05) is 13.8 Å². The Morgan fingerprint density at radius 1 is 1.46 bits per heavy atom. The van der Waals surface area contributed by atoms with Gasteiger partial charge in [0.15, 0.2) is 6.73 Å². The Morgan fingerprint density at radius 2 is 2.23 bits per heavy atom. The van der Waals surface area contributed by atoms with Gasteiger partial charge in [-0.15, -0.1) is 0 Å². The molecule has 0 saturated carbocycles. The Kier molecular flexibility index (Phi) is 3.54. The van der Waals surface area contributed by atoms with E-state index in [1.807, 2.05) is 0 Å². The zero-order valence-electron chi connectivity index (χ0n) is 7.19. The first-order valence-corrected chi connectivity index (χ1v) is 3.67. The number of hydrogen-bond donors (Lipinski definition) is 0. The molecule has 0 spiro atoms. The quantitative estimate of drug-likeness (QED) is 0.518. The van der Waals surface area contributed by atoms with Crippen molar-refractivity contribution >= 4 is 6.08 Å². The van der Waals surface area contributed by atoms with Gasteiger partial charge in [0, 0.05) is 6.07 Å². The summed E-state index contributed by atoms with van der Waals surface area (Å²) in [6, 6.07) is 7.05. The number of ether oxygens (including phenoxy) is 2. The summed E-state index contributed by atoms with van der Waals surface area (Å²) in [7, 11) is 1.57. The average molecular weight is 179 g/mol. The minimum atomic E-state index is -0.0172. The molecular weight excluding hydrogens is 170 g/mol. The van der Waals surface area contributed by atoms with Crippen LogP contribution in [0.4, 0.5) is 0 Å². The van der Waals surface area contributed by atoms with E-state index in [1.54, 1.807) is 31.4 Å². The van der Waals surface area contributed by atoms with Gasteiger partial charge in [0.1, 0.15) is 11.5 Å². The zero-order valence-corrected chi connectivity index (χ0v) is 7.19. The van der Waals surface area contributed by atoms with Crippen LogP contribution in [0.1, 0.15) is 0 Å². The highest BCUT2D eigenvalue weighted by molar-refractivity contribution is 5.34. The summed E-state index contributed by atoms with van der Waals surface area (Å²) in [5, 5.41) is 0.